The van der Waals surface area contributed by atoms with E-state index in [9.17, 15) is 4.79 Å². The molecule has 0 aliphatic heterocycles. The first-order valence-corrected chi connectivity index (χ1v) is 7.09. The van der Waals surface area contributed by atoms with Gasteiger partial charge < -0.3 is 9.40 Å². The maximum absolute atomic E-state index is 11.8. The smallest absolute Gasteiger partial charge is 0.294 e. The van der Waals surface area contributed by atoms with E-state index in [2.05, 4.69) is 25.9 Å². The molecule has 3 rings (SSSR count). The third-order valence-electron chi connectivity index (χ3n) is 2.67. The van der Waals surface area contributed by atoms with Crippen molar-refractivity contribution in [1.82, 2.24) is 9.97 Å². The fourth-order valence-corrected chi connectivity index (χ4v) is 2.20. The van der Waals surface area contributed by atoms with E-state index in [1.807, 2.05) is 39.0 Å². The molecule has 0 amide bonds. The van der Waals surface area contributed by atoms with Crippen LogP contribution in [0.5, 0.6) is 0 Å². The second kappa shape index (κ2) is 5.57. The first-order chi connectivity index (χ1) is 9.19. The summed E-state index contributed by atoms with van der Waals surface area (Å²) in [5.41, 5.74) is 1.37. The molecule has 0 unspecified atom stereocenters. The number of nitrogens with zero attached hydrogens (tertiary/aromatic N) is 1. The Bertz CT molecular complexity index is 774. The van der Waals surface area contributed by atoms with Crippen LogP contribution < -0.4 is 5.56 Å². The fourth-order valence-electron chi connectivity index (χ4n) is 1.84. The number of hydrogen-bond donors (Lipinski definition) is 1. The first-order valence-electron chi connectivity index (χ1n) is 6.30. The van der Waals surface area contributed by atoms with Crippen LogP contribution in [0.25, 0.3) is 22.1 Å². The average Bonchev–Trinajstić information content (AvgIpc) is 2.80. The number of H-pyrrole nitrogens is 1. The predicted octanol–water partition coefficient (Wildman–Crippen LogP) is 4.02. The number of rotatable bonds is 1. The third-order valence-corrected chi connectivity index (χ3v) is 3.16. The lowest BCUT2D eigenvalue weighted by Crippen LogP contribution is -2.09. The molecule has 0 spiro atoms. The molecular formula is C14H15BrN2O2. The van der Waals surface area contributed by atoms with Gasteiger partial charge in [0.25, 0.3) is 5.56 Å². The first kappa shape index (κ1) is 13.8. The number of aromatic amines is 1. The second-order valence-electron chi connectivity index (χ2n) is 3.79. The number of furan rings is 1. The van der Waals surface area contributed by atoms with Crippen molar-refractivity contribution in [2.75, 3.05) is 0 Å². The van der Waals surface area contributed by atoms with E-state index in [0.29, 0.717) is 23.3 Å². The molecule has 1 aromatic carbocycles. The monoisotopic (exact) mass is 322 g/mol. The molecule has 2 aromatic heterocycles. The number of aromatic nitrogens is 2. The molecule has 5 heteroatoms. The number of nitrogens with one attached hydrogen (secondary N) is 1. The van der Waals surface area contributed by atoms with Crippen LogP contribution in [0, 0.1) is 0 Å². The van der Waals surface area contributed by atoms with Crippen LogP contribution in [-0.4, -0.2) is 9.97 Å². The van der Waals surface area contributed by atoms with Gasteiger partial charge in [-0.25, -0.2) is 4.98 Å². The summed E-state index contributed by atoms with van der Waals surface area (Å²) in [6, 6.07) is 5.61. The summed E-state index contributed by atoms with van der Waals surface area (Å²) in [6.45, 7) is 5.95. The lowest BCUT2D eigenvalue weighted by atomic mass is 10.2. The topological polar surface area (TPSA) is 58.9 Å². The van der Waals surface area contributed by atoms with Crippen molar-refractivity contribution in [3.05, 3.63) is 38.9 Å². The number of benzene rings is 1. The predicted molar refractivity (Wildman–Crippen MR) is 80.6 cm³/mol. The second-order valence-corrected chi connectivity index (χ2v) is 4.70. The Kier molecular flexibility index (Phi) is 4.04. The highest BCUT2D eigenvalue weighted by molar-refractivity contribution is 9.10. The maximum Gasteiger partial charge on any atom is 0.294 e. The average molecular weight is 323 g/mol. The molecule has 100 valence electrons. The number of aryl methyl sites for hydroxylation is 1. The molecule has 2 heterocycles. The van der Waals surface area contributed by atoms with Gasteiger partial charge in [-0.1, -0.05) is 36.7 Å². The van der Waals surface area contributed by atoms with Crippen LogP contribution in [-0.2, 0) is 6.42 Å². The standard InChI is InChI=1S/C12H9BrN2O2.C2H6/c1-2-9-14-10-7-5-6(13)3-4-8(7)17-11(10)12(16)15-9;1-2/h3-5H,2H2,1H3,(H,14,15,16);1-2H3. The molecule has 4 nitrogen and oxygen atoms in total. The van der Waals surface area contributed by atoms with Crippen molar-refractivity contribution in [2.45, 2.75) is 27.2 Å². The van der Waals surface area contributed by atoms with Gasteiger partial charge in [0.05, 0.1) is 0 Å². The highest BCUT2D eigenvalue weighted by Crippen LogP contribution is 2.27. The number of fused-ring (bicyclic) bond motifs is 3. The zero-order valence-corrected chi connectivity index (χ0v) is 12.7. The van der Waals surface area contributed by atoms with Crippen molar-refractivity contribution >= 4 is 38.0 Å². The van der Waals surface area contributed by atoms with E-state index in [1.165, 1.54) is 0 Å². The summed E-state index contributed by atoms with van der Waals surface area (Å²) in [7, 11) is 0. The molecule has 0 saturated carbocycles. The molecular weight excluding hydrogens is 308 g/mol. The Morgan fingerprint density at radius 2 is 2.11 bits per heavy atom. The van der Waals surface area contributed by atoms with E-state index < -0.39 is 0 Å². The Labute approximate surface area is 119 Å². The summed E-state index contributed by atoms with van der Waals surface area (Å²) < 4.78 is 6.45. The third kappa shape index (κ3) is 2.42. The molecule has 3 aromatic rings. The Hall–Kier alpha value is -1.62. The Morgan fingerprint density at radius 1 is 1.37 bits per heavy atom. The fraction of sp³-hybridized carbons (Fsp3) is 0.286. The maximum atomic E-state index is 11.8. The molecule has 19 heavy (non-hydrogen) atoms. The van der Waals surface area contributed by atoms with E-state index in [1.54, 1.807) is 0 Å². The van der Waals surface area contributed by atoms with Gasteiger partial charge >= 0.3 is 0 Å². The lowest BCUT2D eigenvalue weighted by molar-refractivity contribution is 0.659. The van der Waals surface area contributed by atoms with Gasteiger partial charge in [0.1, 0.15) is 16.9 Å². The highest BCUT2D eigenvalue weighted by atomic mass is 79.9. The Balaban J connectivity index is 0.000000637. The van der Waals surface area contributed by atoms with Gasteiger partial charge in [-0.05, 0) is 18.2 Å². The van der Waals surface area contributed by atoms with Gasteiger partial charge in [-0.2, -0.15) is 0 Å². The molecule has 0 aliphatic rings. The van der Waals surface area contributed by atoms with E-state index in [0.717, 1.165) is 9.86 Å². The normalized spacial score (nSPS) is 10.5. The zero-order chi connectivity index (χ0) is 14.0. The largest absolute Gasteiger partial charge is 0.449 e. The Morgan fingerprint density at radius 3 is 2.79 bits per heavy atom. The molecule has 1 N–H and O–H groups in total. The van der Waals surface area contributed by atoms with Crippen molar-refractivity contribution in [3.63, 3.8) is 0 Å². The van der Waals surface area contributed by atoms with Crippen LogP contribution in [0.15, 0.2) is 31.9 Å². The number of halogens is 1. The molecule has 0 saturated heterocycles. The summed E-state index contributed by atoms with van der Waals surface area (Å²) in [6.07, 6.45) is 0.686. The minimum Gasteiger partial charge on any atom is -0.449 e. The van der Waals surface area contributed by atoms with Crippen LogP contribution in [0.3, 0.4) is 0 Å². The van der Waals surface area contributed by atoms with Crippen molar-refractivity contribution in [2.24, 2.45) is 0 Å². The van der Waals surface area contributed by atoms with Crippen molar-refractivity contribution in [1.29, 1.82) is 0 Å². The van der Waals surface area contributed by atoms with Gasteiger partial charge in [-0.15, -0.1) is 0 Å². The van der Waals surface area contributed by atoms with Crippen LogP contribution in [0.1, 0.15) is 26.6 Å². The van der Waals surface area contributed by atoms with E-state index >= 15 is 0 Å². The molecule has 0 aliphatic carbocycles. The zero-order valence-electron chi connectivity index (χ0n) is 11.1. The van der Waals surface area contributed by atoms with E-state index in [4.69, 9.17) is 4.42 Å². The van der Waals surface area contributed by atoms with Crippen molar-refractivity contribution in [3.8, 4) is 0 Å². The van der Waals surface area contributed by atoms with Gasteiger partial charge in [0.15, 0.2) is 0 Å². The minimum atomic E-state index is -0.223. The lowest BCUT2D eigenvalue weighted by Gasteiger charge is -1.95. The van der Waals surface area contributed by atoms with Gasteiger partial charge in [0.2, 0.25) is 5.58 Å². The van der Waals surface area contributed by atoms with Crippen molar-refractivity contribution < 1.29 is 4.42 Å². The molecule has 0 fully saturated rings. The van der Waals surface area contributed by atoms with Crippen LogP contribution in [0.2, 0.25) is 0 Å². The summed E-state index contributed by atoms with van der Waals surface area (Å²) in [4.78, 5) is 18.9. The highest BCUT2D eigenvalue weighted by Gasteiger charge is 2.12. The van der Waals surface area contributed by atoms with Crippen LogP contribution >= 0.6 is 15.9 Å². The molecule has 0 bridgehead atoms. The summed E-state index contributed by atoms with van der Waals surface area (Å²) in [5.74, 6) is 0.671. The van der Waals surface area contributed by atoms with Gasteiger partial charge in [0, 0.05) is 16.3 Å². The quantitative estimate of drug-likeness (QED) is 0.736. The van der Waals surface area contributed by atoms with E-state index in [-0.39, 0.29) is 11.1 Å². The summed E-state index contributed by atoms with van der Waals surface area (Å²) in [5, 5.41) is 0.857. The SMILES string of the molecule is CC.CCc1nc2c(oc3ccc(Br)cc32)c(=O)[nH]1. The molecule has 0 atom stereocenters. The minimum absolute atomic E-state index is 0.223. The number of hydrogen-bond acceptors (Lipinski definition) is 3. The molecule has 0 radical (unpaired) electrons. The van der Waals surface area contributed by atoms with Crippen LogP contribution in [0.4, 0.5) is 0 Å². The van der Waals surface area contributed by atoms with Gasteiger partial charge in [-0.3, -0.25) is 4.79 Å². The summed E-state index contributed by atoms with van der Waals surface area (Å²) >= 11 is 3.40.